The normalized spacial score (nSPS) is 27.7. The molecule has 1 aliphatic carbocycles. The quantitative estimate of drug-likeness (QED) is 0.776. The fourth-order valence-electron chi connectivity index (χ4n) is 4.39. The lowest BCUT2D eigenvalue weighted by molar-refractivity contribution is -0.142. The number of halogens is 1. The highest BCUT2D eigenvalue weighted by molar-refractivity contribution is 6.30. The van der Waals surface area contributed by atoms with Crippen LogP contribution in [0, 0.1) is 11.8 Å². The molecule has 5 nitrogen and oxygen atoms in total. The summed E-state index contributed by atoms with van der Waals surface area (Å²) in [4.78, 5) is 31.2. The van der Waals surface area contributed by atoms with Crippen LogP contribution < -0.4 is 4.90 Å². The second kappa shape index (κ2) is 6.96. The van der Waals surface area contributed by atoms with E-state index in [2.05, 4.69) is 15.9 Å². The second-order valence-corrected chi connectivity index (χ2v) is 7.76. The molecule has 4 rings (SSSR count). The van der Waals surface area contributed by atoms with Gasteiger partial charge >= 0.3 is 0 Å². The third-order valence-electron chi connectivity index (χ3n) is 5.82. The van der Waals surface area contributed by atoms with Crippen LogP contribution in [0.5, 0.6) is 0 Å². The molecule has 0 spiro atoms. The number of benzene rings is 1. The molecule has 3 fully saturated rings. The minimum absolute atomic E-state index is 0.0472. The van der Waals surface area contributed by atoms with E-state index in [1.807, 2.05) is 18.2 Å². The van der Waals surface area contributed by atoms with Crippen molar-refractivity contribution < 1.29 is 9.59 Å². The minimum Gasteiger partial charge on any atom is -0.369 e. The molecule has 2 heterocycles. The first-order valence-electron chi connectivity index (χ1n) is 9.21. The third kappa shape index (κ3) is 3.27. The summed E-state index contributed by atoms with van der Waals surface area (Å²) in [7, 11) is 0. The van der Waals surface area contributed by atoms with Gasteiger partial charge in [0, 0.05) is 36.9 Å². The predicted octanol–water partition coefficient (Wildman–Crippen LogP) is 2.59. The molecule has 3 aliphatic rings. The number of hydrogen-bond acceptors (Lipinski definition) is 4. The van der Waals surface area contributed by atoms with Gasteiger partial charge in [-0.05, 0) is 31.0 Å². The van der Waals surface area contributed by atoms with Crippen molar-refractivity contribution in [3.05, 3.63) is 29.3 Å². The van der Waals surface area contributed by atoms with Gasteiger partial charge in [-0.2, -0.15) is 0 Å². The summed E-state index contributed by atoms with van der Waals surface area (Å²) < 4.78 is 0. The Morgan fingerprint density at radius 2 is 1.60 bits per heavy atom. The largest absolute Gasteiger partial charge is 0.369 e. The van der Waals surface area contributed by atoms with E-state index in [1.165, 1.54) is 4.90 Å². The molecule has 134 valence electrons. The molecule has 1 saturated carbocycles. The zero-order valence-electron chi connectivity index (χ0n) is 14.4. The Morgan fingerprint density at radius 1 is 0.960 bits per heavy atom. The summed E-state index contributed by atoms with van der Waals surface area (Å²) in [5.74, 6) is 0.0296. The van der Waals surface area contributed by atoms with Gasteiger partial charge in [0.2, 0.25) is 11.8 Å². The summed E-state index contributed by atoms with van der Waals surface area (Å²) >= 11 is 6.08. The Balaban J connectivity index is 1.36. The maximum atomic E-state index is 12.6. The van der Waals surface area contributed by atoms with Crippen molar-refractivity contribution in [2.45, 2.75) is 25.7 Å². The number of carbonyl (C=O) groups is 2. The fourth-order valence-corrected chi connectivity index (χ4v) is 4.58. The van der Waals surface area contributed by atoms with Crippen molar-refractivity contribution in [2.24, 2.45) is 11.8 Å². The van der Waals surface area contributed by atoms with Gasteiger partial charge in [0.1, 0.15) is 0 Å². The Labute approximate surface area is 153 Å². The third-order valence-corrected chi connectivity index (χ3v) is 6.05. The van der Waals surface area contributed by atoms with Crippen LogP contribution in [0.4, 0.5) is 5.69 Å². The molecule has 2 saturated heterocycles. The number of fused-ring (bicyclic) bond motifs is 1. The van der Waals surface area contributed by atoms with Crippen LogP contribution in [0.25, 0.3) is 0 Å². The summed E-state index contributed by atoms with van der Waals surface area (Å²) in [5, 5.41) is 0.746. The van der Waals surface area contributed by atoms with Crippen LogP contribution in [-0.2, 0) is 9.59 Å². The first kappa shape index (κ1) is 16.9. The second-order valence-electron chi connectivity index (χ2n) is 7.33. The fraction of sp³-hybridized carbons (Fsp3) is 0.579. The highest BCUT2D eigenvalue weighted by Crippen LogP contribution is 2.38. The summed E-state index contributed by atoms with van der Waals surface area (Å²) in [6, 6.07) is 7.90. The molecule has 0 N–H and O–H groups in total. The summed E-state index contributed by atoms with van der Waals surface area (Å²) in [5.41, 5.74) is 1.13. The molecule has 2 aliphatic heterocycles. The van der Waals surface area contributed by atoms with Crippen LogP contribution >= 0.6 is 11.6 Å². The molecule has 0 radical (unpaired) electrons. The van der Waals surface area contributed by atoms with Crippen LogP contribution in [0.1, 0.15) is 25.7 Å². The number of likely N-dealkylation sites (tertiary alicyclic amines) is 1. The van der Waals surface area contributed by atoms with E-state index >= 15 is 0 Å². The standard InChI is InChI=1S/C19H24ClN3O2/c20-14-4-3-5-15(12-14)22-10-8-21(9-11-22)13-23-18(24)16-6-1-2-7-17(16)19(23)25/h3-5,12,16-17H,1-2,6-11,13H2/t16-,17-/m0/s1. The number of rotatable bonds is 3. The molecule has 2 atom stereocenters. The topological polar surface area (TPSA) is 43.9 Å². The summed E-state index contributed by atoms with van der Waals surface area (Å²) in [6.07, 6.45) is 3.92. The highest BCUT2D eigenvalue weighted by Gasteiger charge is 2.48. The lowest BCUT2D eigenvalue weighted by Gasteiger charge is -2.37. The van der Waals surface area contributed by atoms with E-state index in [-0.39, 0.29) is 23.7 Å². The summed E-state index contributed by atoms with van der Waals surface area (Å²) in [6.45, 7) is 3.90. The van der Waals surface area contributed by atoms with Crippen molar-refractivity contribution in [2.75, 3.05) is 37.7 Å². The predicted molar refractivity (Wildman–Crippen MR) is 97.4 cm³/mol. The van der Waals surface area contributed by atoms with Gasteiger partial charge in [-0.15, -0.1) is 0 Å². The number of nitrogens with zero attached hydrogens (tertiary/aromatic N) is 3. The zero-order valence-corrected chi connectivity index (χ0v) is 15.1. The van der Waals surface area contributed by atoms with Gasteiger partial charge in [-0.3, -0.25) is 19.4 Å². The molecule has 2 amide bonds. The lowest BCUT2D eigenvalue weighted by Crippen LogP contribution is -2.51. The van der Waals surface area contributed by atoms with Crippen molar-refractivity contribution in [3.63, 3.8) is 0 Å². The SMILES string of the molecule is O=C1[C@H]2CCCC[C@@H]2C(=O)N1CN1CCN(c2cccc(Cl)c2)CC1. The Morgan fingerprint density at radius 3 is 2.20 bits per heavy atom. The maximum Gasteiger partial charge on any atom is 0.234 e. The van der Waals surface area contributed by atoms with Crippen LogP contribution in [0.2, 0.25) is 5.02 Å². The monoisotopic (exact) mass is 361 g/mol. The Hall–Kier alpha value is -1.59. The van der Waals surface area contributed by atoms with Crippen molar-refractivity contribution in [1.29, 1.82) is 0 Å². The van der Waals surface area contributed by atoms with E-state index in [9.17, 15) is 9.59 Å². The average Bonchev–Trinajstić information content (AvgIpc) is 2.88. The number of imide groups is 1. The number of carbonyl (C=O) groups excluding carboxylic acids is 2. The highest BCUT2D eigenvalue weighted by atomic mass is 35.5. The van der Waals surface area contributed by atoms with Gasteiger partial charge in [0.15, 0.2) is 0 Å². The van der Waals surface area contributed by atoms with Crippen molar-refractivity contribution >= 4 is 29.1 Å². The Bertz CT molecular complexity index is 648. The number of amides is 2. The molecule has 0 unspecified atom stereocenters. The van der Waals surface area contributed by atoms with E-state index in [0.717, 1.165) is 62.6 Å². The van der Waals surface area contributed by atoms with Gasteiger partial charge in [0.25, 0.3) is 0 Å². The molecule has 1 aromatic carbocycles. The number of hydrogen-bond donors (Lipinski definition) is 0. The van der Waals surface area contributed by atoms with E-state index in [1.54, 1.807) is 0 Å². The van der Waals surface area contributed by atoms with Crippen molar-refractivity contribution in [1.82, 2.24) is 9.80 Å². The van der Waals surface area contributed by atoms with Gasteiger partial charge in [-0.1, -0.05) is 30.5 Å². The number of anilines is 1. The molecule has 0 aromatic heterocycles. The van der Waals surface area contributed by atoms with Crippen molar-refractivity contribution in [3.8, 4) is 0 Å². The minimum atomic E-state index is -0.0472. The van der Waals surface area contributed by atoms with E-state index in [4.69, 9.17) is 11.6 Å². The van der Waals surface area contributed by atoms with E-state index in [0.29, 0.717) is 6.67 Å². The molecule has 1 aromatic rings. The molecule has 0 bridgehead atoms. The Kier molecular flexibility index (Phi) is 4.69. The van der Waals surface area contributed by atoms with Crippen LogP contribution in [0.3, 0.4) is 0 Å². The first-order valence-corrected chi connectivity index (χ1v) is 9.59. The van der Waals surface area contributed by atoms with Gasteiger partial charge in [0.05, 0.1) is 18.5 Å². The van der Waals surface area contributed by atoms with E-state index < -0.39 is 0 Å². The molecule has 6 heteroatoms. The lowest BCUT2D eigenvalue weighted by atomic mass is 9.81. The van der Waals surface area contributed by atoms with Gasteiger partial charge < -0.3 is 4.90 Å². The van der Waals surface area contributed by atoms with Crippen LogP contribution in [0.15, 0.2) is 24.3 Å². The van der Waals surface area contributed by atoms with Gasteiger partial charge in [-0.25, -0.2) is 0 Å². The number of piperazine rings is 1. The molecular weight excluding hydrogens is 338 g/mol. The maximum absolute atomic E-state index is 12.6. The smallest absolute Gasteiger partial charge is 0.234 e. The first-order chi connectivity index (χ1) is 12.1. The molecule has 25 heavy (non-hydrogen) atoms. The zero-order chi connectivity index (χ0) is 17.4. The average molecular weight is 362 g/mol. The molecular formula is C19H24ClN3O2. The van der Waals surface area contributed by atoms with Crippen LogP contribution in [-0.4, -0.2) is 54.5 Å².